The van der Waals surface area contributed by atoms with Gasteiger partial charge >= 0.3 is 0 Å². The summed E-state index contributed by atoms with van der Waals surface area (Å²) >= 11 is 0. The minimum absolute atomic E-state index is 0.151. The molecule has 0 fully saturated rings. The molecule has 0 aliphatic rings. The summed E-state index contributed by atoms with van der Waals surface area (Å²) in [5.41, 5.74) is 3.31. The Bertz CT molecular complexity index is 1390. The van der Waals surface area contributed by atoms with Crippen molar-refractivity contribution in [1.29, 1.82) is 0 Å². The Kier molecular flexibility index (Phi) is 5.96. The number of nitrogens with one attached hydrogen (secondary N) is 1. The lowest BCUT2D eigenvalue weighted by molar-refractivity contribution is 0.602. The van der Waals surface area contributed by atoms with Gasteiger partial charge in [-0.15, -0.1) is 0 Å². The maximum Gasteiger partial charge on any atom is 0.264 e. The number of benzene rings is 2. The van der Waals surface area contributed by atoms with E-state index in [1.807, 2.05) is 30.3 Å². The van der Waals surface area contributed by atoms with Gasteiger partial charge in [0.2, 0.25) is 0 Å². The van der Waals surface area contributed by atoms with Gasteiger partial charge in [-0.2, -0.15) is 0 Å². The molecule has 5 nitrogen and oxygen atoms in total. The lowest BCUT2D eigenvalue weighted by Gasteiger charge is -2.13. The van der Waals surface area contributed by atoms with Crippen LogP contribution in [0.15, 0.2) is 84.1 Å². The van der Waals surface area contributed by atoms with Gasteiger partial charge in [0.1, 0.15) is 4.90 Å². The molecule has 0 spiro atoms. The monoisotopic (exact) mass is 427 g/mol. The number of nitrogens with zero attached hydrogens (tertiary/aromatic N) is 2. The highest BCUT2D eigenvalue weighted by Gasteiger charge is 2.20. The minimum Gasteiger partial charge on any atom is -0.278 e. The average Bonchev–Trinajstić information content (AvgIpc) is 2.79. The Morgan fingerprint density at radius 2 is 1.77 bits per heavy atom. The van der Waals surface area contributed by atoms with Crippen molar-refractivity contribution in [2.45, 2.75) is 24.7 Å². The van der Waals surface area contributed by atoms with Gasteiger partial charge in [-0.3, -0.25) is 14.7 Å². The molecule has 4 aromatic rings. The molecule has 2 heterocycles. The summed E-state index contributed by atoms with van der Waals surface area (Å²) in [4.78, 5) is 8.57. The SMILES string of the molecule is CCCc1ccc(S(=O)(=O)Nc2ccccc2C#Cc2cccnc2)c2ncccc12. The summed E-state index contributed by atoms with van der Waals surface area (Å²) in [5.74, 6) is 6.05. The molecule has 0 aliphatic heterocycles. The second kappa shape index (κ2) is 8.99. The number of rotatable bonds is 5. The molecule has 0 aliphatic carbocycles. The Balaban J connectivity index is 1.73. The van der Waals surface area contributed by atoms with Gasteiger partial charge in [-0.25, -0.2) is 8.42 Å². The zero-order chi connectivity index (χ0) is 21.7. The van der Waals surface area contributed by atoms with Crippen molar-refractivity contribution >= 4 is 26.6 Å². The third kappa shape index (κ3) is 4.57. The lowest BCUT2D eigenvalue weighted by Crippen LogP contribution is -2.15. The van der Waals surface area contributed by atoms with Crippen LogP contribution in [0.3, 0.4) is 0 Å². The summed E-state index contributed by atoms with van der Waals surface area (Å²) in [5, 5.41) is 0.858. The third-order valence-corrected chi connectivity index (χ3v) is 6.20. The molecule has 31 heavy (non-hydrogen) atoms. The molecule has 2 aromatic carbocycles. The fourth-order valence-electron chi connectivity index (χ4n) is 3.37. The summed E-state index contributed by atoms with van der Waals surface area (Å²) in [7, 11) is -3.87. The van der Waals surface area contributed by atoms with Crippen LogP contribution in [0.4, 0.5) is 5.69 Å². The van der Waals surface area contributed by atoms with Crippen molar-refractivity contribution in [1.82, 2.24) is 9.97 Å². The maximum atomic E-state index is 13.3. The molecule has 0 saturated carbocycles. The van der Waals surface area contributed by atoms with Crippen LogP contribution in [0.25, 0.3) is 10.9 Å². The zero-order valence-corrected chi connectivity index (χ0v) is 17.9. The number of anilines is 1. The molecular formula is C25H21N3O2S. The molecule has 2 aromatic heterocycles. The maximum absolute atomic E-state index is 13.3. The van der Waals surface area contributed by atoms with Crippen molar-refractivity contribution in [2.24, 2.45) is 0 Å². The average molecular weight is 428 g/mol. The summed E-state index contributed by atoms with van der Waals surface area (Å²) in [6.45, 7) is 2.10. The number of fused-ring (bicyclic) bond motifs is 1. The highest BCUT2D eigenvalue weighted by atomic mass is 32.2. The first-order chi connectivity index (χ1) is 15.1. The Labute approximate surface area is 182 Å². The second-order valence-electron chi connectivity index (χ2n) is 7.02. The van der Waals surface area contributed by atoms with Crippen LogP contribution in [0.2, 0.25) is 0 Å². The van der Waals surface area contributed by atoms with Crippen LogP contribution < -0.4 is 4.72 Å². The first-order valence-corrected chi connectivity index (χ1v) is 11.5. The second-order valence-corrected chi connectivity index (χ2v) is 8.67. The van der Waals surface area contributed by atoms with Crippen LogP contribution in [0.1, 0.15) is 30.0 Å². The zero-order valence-electron chi connectivity index (χ0n) is 17.0. The molecular weight excluding hydrogens is 406 g/mol. The highest BCUT2D eigenvalue weighted by molar-refractivity contribution is 7.93. The molecule has 0 radical (unpaired) electrons. The highest BCUT2D eigenvalue weighted by Crippen LogP contribution is 2.27. The van der Waals surface area contributed by atoms with Crippen molar-refractivity contribution in [2.75, 3.05) is 4.72 Å². The van der Waals surface area contributed by atoms with Crippen molar-refractivity contribution in [3.8, 4) is 11.8 Å². The first-order valence-electron chi connectivity index (χ1n) is 9.99. The van der Waals surface area contributed by atoms with Crippen molar-refractivity contribution in [3.63, 3.8) is 0 Å². The van der Waals surface area contributed by atoms with Gasteiger partial charge in [0.25, 0.3) is 10.0 Å². The molecule has 1 N–H and O–H groups in total. The minimum atomic E-state index is -3.87. The first kappa shape index (κ1) is 20.6. The van der Waals surface area contributed by atoms with Crippen LogP contribution in [-0.4, -0.2) is 18.4 Å². The van der Waals surface area contributed by atoms with Crippen LogP contribution in [0.5, 0.6) is 0 Å². The van der Waals surface area contributed by atoms with Gasteiger partial charge in [0.05, 0.1) is 11.2 Å². The van der Waals surface area contributed by atoms with Crippen LogP contribution in [-0.2, 0) is 16.4 Å². The van der Waals surface area contributed by atoms with E-state index in [1.54, 1.807) is 48.9 Å². The number of sulfonamides is 1. The predicted molar refractivity (Wildman–Crippen MR) is 123 cm³/mol. The van der Waals surface area contributed by atoms with Gasteiger partial charge < -0.3 is 0 Å². The smallest absolute Gasteiger partial charge is 0.264 e. The van der Waals surface area contributed by atoms with E-state index in [0.29, 0.717) is 16.8 Å². The molecule has 4 rings (SSSR count). The number of hydrogen-bond acceptors (Lipinski definition) is 4. The quantitative estimate of drug-likeness (QED) is 0.465. The van der Waals surface area contributed by atoms with Crippen molar-refractivity contribution in [3.05, 3.63) is 95.9 Å². The van der Waals surface area contributed by atoms with E-state index in [-0.39, 0.29) is 4.90 Å². The van der Waals surface area contributed by atoms with Crippen LogP contribution >= 0.6 is 0 Å². The summed E-state index contributed by atoms with van der Waals surface area (Å²) < 4.78 is 29.3. The molecule has 0 saturated heterocycles. The molecule has 0 amide bonds. The molecule has 6 heteroatoms. The number of aromatic nitrogens is 2. The van der Waals surface area contributed by atoms with E-state index in [2.05, 4.69) is 33.5 Å². The Morgan fingerprint density at radius 3 is 2.58 bits per heavy atom. The molecule has 154 valence electrons. The molecule has 0 atom stereocenters. The number of para-hydroxylation sites is 1. The van der Waals surface area contributed by atoms with E-state index in [1.165, 1.54) is 0 Å². The Hall–Kier alpha value is -3.69. The van der Waals surface area contributed by atoms with E-state index >= 15 is 0 Å². The largest absolute Gasteiger partial charge is 0.278 e. The predicted octanol–water partition coefficient (Wildman–Crippen LogP) is 4.78. The lowest BCUT2D eigenvalue weighted by atomic mass is 10.0. The molecule has 0 bridgehead atoms. The summed E-state index contributed by atoms with van der Waals surface area (Å²) in [6, 6.07) is 18.0. The van der Waals surface area contributed by atoms with Crippen molar-refractivity contribution < 1.29 is 8.42 Å². The van der Waals surface area contributed by atoms with E-state index in [4.69, 9.17) is 0 Å². The van der Waals surface area contributed by atoms with E-state index < -0.39 is 10.0 Å². The fourth-order valence-corrected chi connectivity index (χ4v) is 4.61. The normalized spacial score (nSPS) is 11.0. The number of aryl methyl sites for hydroxylation is 1. The van der Waals surface area contributed by atoms with Crippen LogP contribution in [0, 0.1) is 11.8 Å². The topological polar surface area (TPSA) is 72.0 Å². The third-order valence-electron chi connectivity index (χ3n) is 4.81. The molecule has 0 unspecified atom stereocenters. The van der Waals surface area contributed by atoms with Gasteiger partial charge in [-0.05, 0) is 48.4 Å². The van der Waals surface area contributed by atoms with Gasteiger partial charge in [0, 0.05) is 35.1 Å². The fraction of sp³-hybridized carbons (Fsp3) is 0.120. The van der Waals surface area contributed by atoms with E-state index in [9.17, 15) is 8.42 Å². The Morgan fingerprint density at radius 1 is 0.935 bits per heavy atom. The van der Waals surface area contributed by atoms with E-state index in [0.717, 1.165) is 29.4 Å². The van der Waals surface area contributed by atoms with Gasteiger partial charge in [-0.1, -0.05) is 49.5 Å². The summed E-state index contributed by atoms with van der Waals surface area (Å²) in [6.07, 6.45) is 6.79. The number of pyridine rings is 2. The van der Waals surface area contributed by atoms with Gasteiger partial charge in [0.15, 0.2) is 0 Å². The standard InChI is InChI=1S/C25H21N3O2S/c1-2-7-20-14-15-24(25-22(20)10-6-17-27-25)31(29,30)28-23-11-4-3-9-21(23)13-12-19-8-5-16-26-18-19/h3-6,8-11,14-18,28H,2,7H2,1H3. The number of hydrogen-bond donors (Lipinski definition) is 1.